The van der Waals surface area contributed by atoms with Crippen molar-refractivity contribution in [2.45, 2.75) is 25.6 Å². The summed E-state index contributed by atoms with van der Waals surface area (Å²) in [5, 5.41) is 0. The summed E-state index contributed by atoms with van der Waals surface area (Å²) in [5.41, 5.74) is -1.09. The monoisotopic (exact) mass is 368 g/mol. The van der Waals surface area contributed by atoms with Crippen molar-refractivity contribution in [3.05, 3.63) is 47.5 Å². The van der Waals surface area contributed by atoms with Gasteiger partial charge < -0.3 is 4.74 Å². The molecule has 1 aromatic carbocycles. The lowest BCUT2D eigenvalue weighted by Gasteiger charge is -2.21. The van der Waals surface area contributed by atoms with E-state index in [1.165, 1.54) is 19.9 Å². The Balaban J connectivity index is 2.15. The Bertz CT molecular complexity index is 909. The van der Waals surface area contributed by atoms with Gasteiger partial charge in [-0.1, -0.05) is 0 Å². The van der Waals surface area contributed by atoms with Gasteiger partial charge in [0, 0.05) is 11.6 Å². The number of aromatic nitrogens is 1. The third-order valence-electron chi connectivity index (χ3n) is 4.05. The molecule has 1 aromatic heterocycles. The standard InChI is InChI=1S/C17H12F4N2O3/c1-16(2)12-3-9(8-24)4-13(18)14(12)23(15(16)25)10-5-11(7-22-6-10)26-17(19,20)21/h3-8H,1-2H3. The Hall–Kier alpha value is -2.97. The second-order valence-electron chi connectivity index (χ2n) is 6.21. The van der Waals surface area contributed by atoms with E-state index >= 15 is 0 Å². The highest BCUT2D eigenvalue weighted by Crippen LogP contribution is 2.47. The summed E-state index contributed by atoms with van der Waals surface area (Å²) in [7, 11) is 0. The minimum atomic E-state index is -4.93. The number of halogens is 4. The fraction of sp³-hybridized carbons (Fsp3) is 0.235. The molecule has 3 rings (SSSR count). The van der Waals surface area contributed by atoms with Crippen molar-refractivity contribution in [1.82, 2.24) is 4.98 Å². The van der Waals surface area contributed by atoms with Crippen LogP contribution in [0.15, 0.2) is 30.6 Å². The molecule has 2 heterocycles. The summed E-state index contributed by atoms with van der Waals surface area (Å²) in [4.78, 5) is 28.4. The van der Waals surface area contributed by atoms with Crippen molar-refractivity contribution in [2.24, 2.45) is 0 Å². The zero-order chi connectivity index (χ0) is 19.3. The number of ether oxygens (including phenoxy) is 1. The molecule has 1 amide bonds. The Labute approximate surface area is 145 Å². The summed E-state index contributed by atoms with van der Waals surface area (Å²) < 4.78 is 55.6. The van der Waals surface area contributed by atoms with Crippen LogP contribution in [0.2, 0.25) is 0 Å². The zero-order valence-corrected chi connectivity index (χ0v) is 13.6. The maximum absolute atomic E-state index is 14.6. The van der Waals surface area contributed by atoms with Gasteiger partial charge in [0.25, 0.3) is 0 Å². The summed E-state index contributed by atoms with van der Waals surface area (Å²) in [5.74, 6) is -2.05. The smallest absolute Gasteiger partial charge is 0.404 e. The summed E-state index contributed by atoms with van der Waals surface area (Å²) in [6.07, 6.45) is -2.53. The van der Waals surface area contributed by atoms with E-state index in [1.807, 2.05) is 0 Å². The van der Waals surface area contributed by atoms with E-state index in [9.17, 15) is 27.2 Å². The highest BCUT2D eigenvalue weighted by atomic mass is 19.4. The van der Waals surface area contributed by atoms with Gasteiger partial charge in [0.2, 0.25) is 5.91 Å². The number of aldehydes is 1. The van der Waals surface area contributed by atoms with Crippen LogP contribution in [0.3, 0.4) is 0 Å². The van der Waals surface area contributed by atoms with E-state index in [1.54, 1.807) is 0 Å². The molecule has 0 radical (unpaired) electrons. The van der Waals surface area contributed by atoms with Crippen molar-refractivity contribution >= 4 is 23.6 Å². The predicted octanol–water partition coefficient (Wildman–Crippen LogP) is 3.89. The van der Waals surface area contributed by atoms with Gasteiger partial charge in [0.15, 0.2) is 0 Å². The average Bonchev–Trinajstić information content (AvgIpc) is 2.74. The number of alkyl halides is 3. The van der Waals surface area contributed by atoms with Gasteiger partial charge in [-0.05, 0) is 31.5 Å². The number of fused-ring (bicyclic) bond motifs is 1. The van der Waals surface area contributed by atoms with Crippen LogP contribution in [0, 0.1) is 5.82 Å². The molecule has 0 saturated heterocycles. The first-order valence-corrected chi connectivity index (χ1v) is 7.39. The number of nitrogens with zero attached hydrogens (tertiary/aromatic N) is 2. The molecular formula is C17H12F4N2O3. The molecule has 0 unspecified atom stereocenters. The first kappa shape index (κ1) is 17.8. The van der Waals surface area contributed by atoms with Gasteiger partial charge >= 0.3 is 6.36 Å². The first-order chi connectivity index (χ1) is 12.0. The number of benzene rings is 1. The Morgan fingerprint density at radius 1 is 1.19 bits per heavy atom. The van der Waals surface area contributed by atoms with Crippen LogP contribution in [-0.2, 0) is 10.2 Å². The van der Waals surface area contributed by atoms with Crippen LogP contribution in [0.4, 0.5) is 28.9 Å². The maximum Gasteiger partial charge on any atom is 0.573 e. The third-order valence-corrected chi connectivity index (χ3v) is 4.05. The van der Waals surface area contributed by atoms with Crippen LogP contribution >= 0.6 is 0 Å². The molecule has 9 heteroatoms. The van der Waals surface area contributed by atoms with Crippen LogP contribution in [-0.4, -0.2) is 23.5 Å². The first-order valence-electron chi connectivity index (χ1n) is 7.39. The van der Waals surface area contributed by atoms with E-state index in [0.29, 0.717) is 6.29 Å². The zero-order valence-electron chi connectivity index (χ0n) is 13.6. The molecule has 2 aromatic rings. The van der Waals surface area contributed by atoms with Crippen LogP contribution in [0.1, 0.15) is 29.8 Å². The number of carbonyl (C=O) groups is 2. The van der Waals surface area contributed by atoms with Crippen LogP contribution in [0.5, 0.6) is 5.75 Å². The van der Waals surface area contributed by atoms with Gasteiger partial charge in [0.1, 0.15) is 17.9 Å². The van der Waals surface area contributed by atoms with Crippen LogP contribution < -0.4 is 9.64 Å². The van der Waals surface area contributed by atoms with Crippen molar-refractivity contribution in [2.75, 3.05) is 4.90 Å². The summed E-state index contributed by atoms with van der Waals surface area (Å²) in [6, 6.07) is 3.28. The molecule has 0 N–H and O–H groups in total. The lowest BCUT2D eigenvalue weighted by molar-refractivity contribution is -0.274. The molecule has 1 aliphatic rings. The Morgan fingerprint density at radius 3 is 2.50 bits per heavy atom. The second-order valence-corrected chi connectivity index (χ2v) is 6.21. The SMILES string of the molecule is CC1(C)C(=O)N(c2cncc(OC(F)(F)F)c2)c2c(F)cc(C=O)cc21. The number of hydrogen-bond acceptors (Lipinski definition) is 4. The molecule has 0 fully saturated rings. The highest BCUT2D eigenvalue weighted by molar-refractivity contribution is 6.13. The number of hydrogen-bond donors (Lipinski definition) is 0. The number of anilines is 2. The molecule has 26 heavy (non-hydrogen) atoms. The minimum Gasteiger partial charge on any atom is -0.404 e. The van der Waals surface area contributed by atoms with E-state index in [0.717, 1.165) is 29.4 Å². The molecule has 0 bridgehead atoms. The minimum absolute atomic E-state index is 0.0521. The summed E-state index contributed by atoms with van der Waals surface area (Å²) >= 11 is 0. The molecule has 136 valence electrons. The van der Waals surface area contributed by atoms with Gasteiger partial charge in [-0.3, -0.25) is 19.5 Å². The van der Waals surface area contributed by atoms with Gasteiger partial charge in [0.05, 0.1) is 29.2 Å². The van der Waals surface area contributed by atoms with Crippen LogP contribution in [0.25, 0.3) is 0 Å². The van der Waals surface area contributed by atoms with Gasteiger partial charge in [-0.2, -0.15) is 0 Å². The molecular weight excluding hydrogens is 356 g/mol. The van der Waals surface area contributed by atoms with Gasteiger partial charge in [-0.25, -0.2) is 4.39 Å². The fourth-order valence-electron chi connectivity index (χ4n) is 2.85. The molecule has 0 atom stereocenters. The van der Waals surface area contributed by atoms with Crippen molar-refractivity contribution in [3.63, 3.8) is 0 Å². The predicted molar refractivity (Wildman–Crippen MR) is 82.9 cm³/mol. The van der Waals surface area contributed by atoms with Gasteiger partial charge in [-0.15, -0.1) is 13.2 Å². The number of rotatable bonds is 3. The fourth-order valence-corrected chi connectivity index (χ4v) is 2.85. The van der Waals surface area contributed by atoms with E-state index in [2.05, 4.69) is 9.72 Å². The molecule has 5 nitrogen and oxygen atoms in total. The number of amides is 1. The normalized spacial score (nSPS) is 15.8. The third kappa shape index (κ3) is 2.89. The topological polar surface area (TPSA) is 59.5 Å². The number of pyridine rings is 1. The molecule has 0 spiro atoms. The highest BCUT2D eigenvalue weighted by Gasteiger charge is 2.46. The lowest BCUT2D eigenvalue weighted by atomic mass is 9.85. The second kappa shape index (κ2) is 5.79. The quantitative estimate of drug-likeness (QED) is 0.609. The Morgan fingerprint density at radius 2 is 1.88 bits per heavy atom. The lowest BCUT2D eigenvalue weighted by Crippen LogP contribution is -2.33. The van der Waals surface area contributed by atoms with Crippen molar-refractivity contribution in [1.29, 1.82) is 0 Å². The maximum atomic E-state index is 14.6. The van der Waals surface area contributed by atoms with E-state index in [-0.39, 0.29) is 22.5 Å². The number of carbonyl (C=O) groups excluding carboxylic acids is 2. The Kier molecular flexibility index (Phi) is 3.97. The molecule has 0 saturated carbocycles. The largest absolute Gasteiger partial charge is 0.573 e. The molecule has 1 aliphatic heterocycles. The molecule has 0 aliphatic carbocycles. The van der Waals surface area contributed by atoms with E-state index in [4.69, 9.17) is 0 Å². The van der Waals surface area contributed by atoms with Crippen molar-refractivity contribution in [3.8, 4) is 5.75 Å². The average molecular weight is 368 g/mol. The van der Waals surface area contributed by atoms with E-state index < -0.39 is 29.3 Å². The summed E-state index contributed by atoms with van der Waals surface area (Å²) in [6.45, 7) is 3.07. The van der Waals surface area contributed by atoms with Crippen molar-refractivity contribution < 1.29 is 31.9 Å².